The van der Waals surface area contributed by atoms with Crippen molar-refractivity contribution in [3.8, 4) is 0 Å². The SMILES string of the molecule is CCn1nnc(C(=O)O)c1C1CCCN1C(=O)OC(C)(C)C. The van der Waals surface area contributed by atoms with Gasteiger partial charge in [-0.1, -0.05) is 5.21 Å². The van der Waals surface area contributed by atoms with E-state index in [1.807, 2.05) is 6.92 Å². The summed E-state index contributed by atoms with van der Waals surface area (Å²) in [5, 5.41) is 16.9. The summed E-state index contributed by atoms with van der Waals surface area (Å²) in [6.45, 7) is 8.29. The first-order valence-corrected chi connectivity index (χ1v) is 7.41. The minimum atomic E-state index is -1.13. The maximum absolute atomic E-state index is 12.4. The first-order chi connectivity index (χ1) is 10.2. The van der Waals surface area contributed by atoms with Crippen molar-refractivity contribution >= 4 is 12.1 Å². The molecule has 1 aliphatic heterocycles. The predicted octanol–water partition coefficient (Wildman–Crippen LogP) is 2.07. The van der Waals surface area contributed by atoms with Crippen LogP contribution in [0.1, 0.15) is 62.8 Å². The number of nitrogens with zero attached hydrogens (tertiary/aromatic N) is 4. The number of rotatable bonds is 3. The van der Waals surface area contributed by atoms with Crippen LogP contribution in [-0.2, 0) is 11.3 Å². The Labute approximate surface area is 129 Å². The molecule has 0 aromatic carbocycles. The Morgan fingerprint density at radius 2 is 2.09 bits per heavy atom. The molecule has 1 atom stereocenters. The number of aryl methyl sites for hydroxylation is 1. The van der Waals surface area contributed by atoms with Gasteiger partial charge in [-0.2, -0.15) is 0 Å². The lowest BCUT2D eigenvalue weighted by Gasteiger charge is -2.28. The van der Waals surface area contributed by atoms with E-state index in [1.54, 1.807) is 25.7 Å². The highest BCUT2D eigenvalue weighted by atomic mass is 16.6. The molecule has 22 heavy (non-hydrogen) atoms. The maximum atomic E-state index is 12.4. The van der Waals surface area contributed by atoms with Gasteiger partial charge in [-0.25, -0.2) is 14.3 Å². The Morgan fingerprint density at radius 1 is 1.41 bits per heavy atom. The molecule has 0 bridgehead atoms. The van der Waals surface area contributed by atoms with E-state index in [-0.39, 0.29) is 11.7 Å². The number of likely N-dealkylation sites (tertiary alicyclic amines) is 1. The van der Waals surface area contributed by atoms with Gasteiger partial charge in [0.2, 0.25) is 0 Å². The third-order valence-corrected chi connectivity index (χ3v) is 3.47. The predicted molar refractivity (Wildman–Crippen MR) is 77.6 cm³/mol. The van der Waals surface area contributed by atoms with Gasteiger partial charge in [0.1, 0.15) is 5.60 Å². The summed E-state index contributed by atoms with van der Waals surface area (Å²) in [5.74, 6) is -1.13. The Bertz CT molecular complexity index is 576. The van der Waals surface area contributed by atoms with Crippen LogP contribution < -0.4 is 0 Å². The van der Waals surface area contributed by atoms with Gasteiger partial charge in [0.15, 0.2) is 5.69 Å². The van der Waals surface area contributed by atoms with Crippen LogP contribution in [0.5, 0.6) is 0 Å². The number of carbonyl (C=O) groups excluding carboxylic acids is 1. The zero-order chi connectivity index (χ0) is 16.5. The molecule has 1 unspecified atom stereocenters. The van der Waals surface area contributed by atoms with Crippen molar-refractivity contribution in [2.75, 3.05) is 6.54 Å². The van der Waals surface area contributed by atoms with E-state index in [9.17, 15) is 14.7 Å². The number of amides is 1. The number of carboxylic acids is 1. The molecule has 1 aromatic rings. The van der Waals surface area contributed by atoms with E-state index >= 15 is 0 Å². The van der Waals surface area contributed by atoms with Gasteiger partial charge in [0.25, 0.3) is 0 Å². The second-order valence-corrected chi connectivity index (χ2v) is 6.28. The molecule has 1 N–H and O–H groups in total. The van der Waals surface area contributed by atoms with Gasteiger partial charge < -0.3 is 9.84 Å². The number of carboxylic acid groups (broad SMARTS) is 1. The molecule has 1 amide bonds. The quantitative estimate of drug-likeness (QED) is 0.917. The Balaban J connectivity index is 2.33. The number of hydrogen-bond acceptors (Lipinski definition) is 5. The fourth-order valence-corrected chi connectivity index (χ4v) is 2.63. The van der Waals surface area contributed by atoms with E-state index in [2.05, 4.69) is 10.3 Å². The fourth-order valence-electron chi connectivity index (χ4n) is 2.63. The highest BCUT2D eigenvalue weighted by molar-refractivity contribution is 5.87. The van der Waals surface area contributed by atoms with Crippen molar-refractivity contribution in [1.29, 1.82) is 0 Å². The van der Waals surface area contributed by atoms with E-state index in [0.717, 1.165) is 6.42 Å². The summed E-state index contributed by atoms with van der Waals surface area (Å²) < 4.78 is 6.95. The lowest BCUT2D eigenvalue weighted by Crippen LogP contribution is -2.37. The zero-order valence-electron chi connectivity index (χ0n) is 13.4. The summed E-state index contributed by atoms with van der Waals surface area (Å²) in [6.07, 6.45) is 1.03. The summed E-state index contributed by atoms with van der Waals surface area (Å²) in [7, 11) is 0. The summed E-state index contributed by atoms with van der Waals surface area (Å²) in [5.41, 5.74) is -0.219. The first-order valence-electron chi connectivity index (χ1n) is 7.41. The van der Waals surface area contributed by atoms with Crippen LogP contribution in [0.2, 0.25) is 0 Å². The Hall–Kier alpha value is -2.12. The molecule has 2 rings (SSSR count). The average molecular weight is 310 g/mol. The second kappa shape index (κ2) is 5.94. The molecule has 1 fully saturated rings. The van der Waals surface area contributed by atoms with E-state index < -0.39 is 17.7 Å². The summed E-state index contributed by atoms with van der Waals surface area (Å²) in [4.78, 5) is 25.3. The summed E-state index contributed by atoms with van der Waals surface area (Å²) >= 11 is 0. The highest BCUT2D eigenvalue weighted by Gasteiger charge is 2.38. The van der Waals surface area contributed by atoms with Gasteiger partial charge >= 0.3 is 12.1 Å². The van der Waals surface area contributed by atoms with E-state index in [4.69, 9.17) is 4.74 Å². The van der Waals surface area contributed by atoms with Crippen molar-refractivity contribution in [2.45, 2.75) is 58.7 Å². The zero-order valence-corrected chi connectivity index (χ0v) is 13.4. The van der Waals surface area contributed by atoms with Crippen molar-refractivity contribution < 1.29 is 19.4 Å². The molecule has 2 heterocycles. The van der Waals surface area contributed by atoms with Crippen LogP contribution >= 0.6 is 0 Å². The Kier molecular flexibility index (Phi) is 4.39. The maximum Gasteiger partial charge on any atom is 0.410 e. The van der Waals surface area contributed by atoms with Gasteiger partial charge in [-0.3, -0.25) is 4.90 Å². The lowest BCUT2D eigenvalue weighted by atomic mass is 10.1. The molecular weight excluding hydrogens is 288 g/mol. The third kappa shape index (κ3) is 3.20. The topological polar surface area (TPSA) is 97.5 Å². The van der Waals surface area contributed by atoms with Crippen LogP contribution in [-0.4, -0.2) is 49.2 Å². The van der Waals surface area contributed by atoms with Crippen molar-refractivity contribution in [3.05, 3.63) is 11.4 Å². The average Bonchev–Trinajstić information content (AvgIpc) is 3.02. The van der Waals surface area contributed by atoms with Gasteiger partial charge in [-0.15, -0.1) is 5.10 Å². The Morgan fingerprint density at radius 3 is 2.64 bits per heavy atom. The molecule has 0 saturated carbocycles. The van der Waals surface area contributed by atoms with E-state index in [0.29, 0.717) is 25.2 Å². The molecule has 8 heteroatoms. The number of ether oxygens (including phenoxy) is 1. The highest BCUT2D eigenvalue weighted by Crippen LogP contribution is 2.34. The third-order valence-electron chi connectivity index (χ3n) is 3.47. The van der Waals surface area contributed by atoms with Crippen molar-refractivity contribution in [1.82, 2.24) is 19.9 Å². The second-order valence-electron chi connectivity index (χ2n) is 6.28. The molecule has 122 valence electrons. The monoisotopic (exact) mass is 310 g/mol. The molecule has 0 aliphatic carbocycles. The van der Waals surface area contributed by atoms with Gasteiger partial charge in [0, 0.05) is 13.1 Å². The molecule has 0 radical (unpaired) electrons. The van der Waals surface area contributed by atoms with Gasteiger partial charge in [0.05, 0.1) is 11.7 Å². The van der Waals surface area contributed by atoms with Crippen LogP contribution in [0.15, 0.2) is 0 Å². The molecule has 0 spiro atoms. The van der Waals surface area contributed by atoms with Crippen molar-refractivity contribution in [2.24, 2.45) is 0 Å². The molecule has 1 aliphatic rings. The minimum Gasteiger partial charge on any atom is -0.476 e. The number of carbonyl (C=O) groups is 2. The van der Waals surface area contributed by atoms with Gasteiger partial charge in [-0.05, 0) is 40.5 Å². The van der Waals surface area contributed by atoms with Crippen LogP contribution in [0.25, 0.3) is 0 Å². The lowest BCUT2D eigenvalue weighted by molar-refractivity contribution is 0.0215. The normalized spacial score (nSPS) is 18.5. The molecular formula is C14H22N4O4. The smallest absolute Gasteiger partial charge is 0.410 e. The molecule has 1 saturated heterocycles. The fraction of sp³-hybridized carbons (Fsp3) is 0.714. The van der Waals surface area contributed by atoms with Crippen LogP contribution in [0.4, 0.5) is 4.79 Å². The number of aromatic nitrogens is 3. The molecule has 8 nitrogen and oxygen atoms in total. The standard InChI is InChI=1S/C14H22N4O4/c1-5-18-11(10(12(19)20)15-16-18)9-7-6-8-17(9)13(21)22-14(2,3)4/h9H,5-8H2,1-4H3,(H,19,20). The van der Waals surface area contributed by atoms with E-state index in [1.165, 1.54) is 4.68 Å². The first kappa shape index (κ1) is 16.3. The van der Waals surface area contributed by atoms with Crippen LogP contribution in [0.3, 0.4) is 0 Å². The minimum absolute atomic E-state index is 0.0951. The number of aromatic carboxylic acids is 1. The summed E-state index contributed by atoms with van der Waals surface area (Å²) in [6, 6.07) is -0.365. The molecule has 1 aromatic heterocycles. The van der Waals surface area contributed by atoms with Crippen molar-refractivity contribution in [3.63, 3.8) is 0 Å². The number of hydrogen-bond donors (Lipinski definition) is 1. The van der Waals surface area contributed by atoms with Crippen LogP contribution in [0, 0.1) is 0 Å². The largest absolute Gasteiger partial charge is 0.476 e.